The van der Waals surface area contributed by atoms with Crippen LogP contribution in [0.1, 0.15) is 11.1 Å². The minimum atomic E-state index is 0.333. The molecule has 0 aromatic heterocycles. The third kappa shape index (κ3) is 1.69. The molecule has 0 atom stereocenters. The van der Waals surface area contributed by atoms with Crippen LogP contribution in [0.25, 0.3) is 0 Å². The Morgan fingerprint density at radius 2 is 2.25 bits per heavy atom. The molecule has 0 amide bonds. The zero-order chi connectivity index (χ0) is 9.14. The predicted molar refractivity (Wildman–Crippen MR) is 49.9 cm³/mol. The van der Waals surface area contributed by atoms with Crippen molar-refractivity contribution in [1.82, 2.24) is 0 Å². The smallest absolute Gasteiger partial charge is 0.0670 e. The molecule has 0 aliphatic carbocycles. The second kappa shape index (κ2) is 3.46. The van der Waals surface area contributed by atoms with E-state index in [9.17, 15) is 0 Å². The van der Waals surface area contributed by atoms with Crippen LogP contribution < -0.4 is 5.73 Å². The van der Waals surface area contributed by atoms with Crippen molar-refractivity contribution in [3.8, 4) is 6.07 Å². The van der Waals surface area contributed by atoms with Gasteiger partial charge in [0.05, 0.1) is 12.5 Å². The summed E-state index contributed by atoms with van der Waals surface area (Å²) in [6.07, 6.45) is 0.333. The van der Waals surface area contributed by atoms with Gasteiger partial charge in [0.25, 0.3) is 0 Å². The van der Waals surface area contributed by atoms with Gasteiger partial charge < -0.3 is 5.73 Å². The Bertz CT molecular complexity index is 339. The lowest BCUT2D eigenvalue weighted by atomic mass is 10.1. The Labute approximate surface area is 76.6 Å². The van der Waals surface area contributed by atoms with E-state index in [1.165, 1.54) is 0 Å². The van der Waals surface area contributed by atoms with Gasteiger partial charge in [0.1, 0.15) is 0 Å². The fraction of sp³-hybridized carbons (Fsp3) is 0.222. The number of hydrogen-bond donors (Lipinski definition) is 1. The number of nitrogen functional groups attached to an aromatic ring is 1. The van der Waals surface area contributed by atoms with Crippen molar-refractivity contribution < 1.29 is 0 Å². The first-order chi connectivity index (χ1) is 5.65. The van der Waals surface area contributed by atoms with Gasteiger partial charge >= 0.3 is 0 Å². The Kier molecular flexibility index (Phi) is 2.57. The summed E-state index contributed by atoms with van der Waals surface area (Å²) in [6.45, 7) is 1.90. The van der Waals surface area contributed by atoms with E-state index in [1.807, 2.05) is 19.1 Å². The summed E-state index contributed by atoms with van der Waals surface area (Å²) < 4.78 is 0. The number of nitriles is 1. The normalized spacial score (nSPS) is 9.42. The van der Waals surface area contributed by atoms with Crippen LogP contribution in [0.4, 0.5) is 5.69 Å². The number of halogens is 1. The van der Waals surface area contributed by atoms with Crippen LogP contribution in [0, 0.1) is 18.3 Å². The van der Waals surface area contributed by atoms with Gasteiger partial charge in [-0.05, 0) is 24.1 Å². The van der Waals surface area contributed by atoms with Crippen molar-refractivity contribution in [2.24, 2.45) is 0 Å². The molecule has 0 fully saturated rings. The van der Waals surface area contributed by atoms with Crippen molar-refractivity contribution in [3.63, 3.8) is 0 Å². The molecular formula is C9H9ClN2. The van der Waals surface area contributed by atoms with E-state index in [0.29, 0.717) is 17.1 Å². The first-order valence-corrected chi connectivity index (χ1v) is 3.94. The molecule has 0 bridgehead atoms. The third-order valence-corrected chi connectivity index (χ3v) is 2.06. The average Bonchev–Trinajstić information content (AvgIpc) is 2.01. The van der Waals surface area contributed by atoms with Gasteiger partial charge in [-0.25, -0.2) is 0 Å². The number of benzene rings is 1. The van der Waals surface area contributed by atoms with Crippen LogP contribution in [0.15, 0.2) is 12.1 Å². The Morgan fingerprint density at radius 1 is 1.58 bits per heavy atom. The Morgan fingerprint density at radius 3 is 2.83 bits per heavy atom. The number of rotatable bonds is 1. The van der Waals surface area contributed by atoms with Gasteiger partial charge in [0, 0.05) is 10.7 Å². The molecule has 0 saturated carbocycles. The van der Waals surface area contributed by atoms with Gasteiger partial charge in [0.15, 0.2) is 0 Å². The molecule has 1 aromatic rings. The van der Waals surface area contributed by atoms with E-state index in [4.69, 9.17) is 22.6 Å². The summed E-state index contributed by atoms with van der Waals surface area (Å²) in [5.41, 5.74) is 8.09. The fourth-order valence-corrected chi connectivity index (χ4v) is 1.22. The SMILES string of the molecule is Cc1cc(CC#N)c(Cl)cc1N. The summed E-state index contributed by atoms with van der Waals surface area (Å²) in [4.78, 5) is 0. The molecule has 2 nitrogen and oxygen atoms in total. The Hall–Kier alpha value is -1.20. The van der Waals surface area contributed by atoms with Gasteiger partial charge in [0.2, 0.25) is 0 Å². The fourth-order valence-electron chi connectivity index (χ4n) is 0.977. The van der Waals surface area contributed by atoms with Gasteiger partial charge in [-0.3, -0.25) is 0 Å². The maximum atomic E-state index is 8.46. The molecule has 1 rings (SSSR count). The molecule has 1 aromatic carbocycles. The highest BCUT2D eigenvalue weighted by molar-refractivity contribution is 6.31. The average molecular weight is 181 g/mol. The molecule has 62 valence electrons. The third-order valence-electron chi connectivity index (χ3n) is 1.70. The highest BCUT2D eigenvalue weighted by Gasteiger charge is 2.02. The number of nitrogens with two attached hydrogens (primary N) is 1. The first kappa shape index (κ1) is 8.89. The zero-order valence-electron chi connectivity index (χ0n) is 6.76. The van der Waals surface area contributed by atoms with Gasteiger partial charge in [-0.15, -0.1) is 0 Å². The molecule has 0 heterocycles. The largest absolute Gasteiger partial charge is 0.398 e. The van der Waals surface area contributed by atoms with E-state index in [-0.39, 0.29) is 0 Å². The summed E-state index contributed by atoms with van der Waals surface area (Å²) >= 11 is 5.85. The predicted octanol–water partition coefficient (Wildman–Crippen LogP) is 2.30. The summed E-state index contributed by atoms with van der Waals surface area (Å²) in [5.74, 6) is 0. The maximum absolute atomic E-state index is 8.46. The molecule has 2 N–H and O–H groups in total. The quantitative estimate of drug-likeness (QED) is 0.675. The van der Waals surface area contributed by atoms with Crippen LogP contribution in [0.2, 0.25) is 5.02 Å². The second-order valence-corrected chi connectivity index (χ2v) is 3.04. The van der Waals surface area contributed by atoms with Crippen LogP contribution in [-0.4, -0.2) is 0 Å². The minimum absolute atomic E-state index is 0.333. The van der Waals surface area contributed by atoms with Crippen LogP contribution in [-0.2, 0) is 6.42 Å². The van der Waals surface area contributed by atoms with Gasteiger partial charge in [-0.1, -0.05) is 17.7 Å². The number of nitrogens with zero attached hydrogens (tertiary/aromatic N) is 1. The molecule has 0 aliphatic rings. The maximum Gasteiger partial charge on any atom is 0.0670 e. The number of aryl methyl sites for hydroxylation is 1. The molecule has 0 aliphatic heterocycles. The van der Waals surface area contributed by atoms with Gasteiger partial charge in [-0.2, -0.15) is 5.26 Å². The summed E-state index contributed by atoms with van der Waals surface area (Å²) in [6, 6.07) is 5.58. The van der Waals surface area contributed by atoms with Crippen molar-refractivity contribution in [3.05, 3.63) is 28.3 Å². The topological polar surface area (TPSA) is 49.8 Å². The zero-order valence-corrected chi connectivity index (χ0v) is 7.52. The van der Waals surface area contributed by atoms with Crippen LogP contribution in [0.5, 0.6) is 0 Å². The van der Waals surface area contributed by atoms with Crippen molar-refractivity contribution >= 4 is 17.3 Å². The molecule has 3 heteroatoms. The van der Waals surface area contributed by atoms with Crippen molar-refractivity contribution in [1.29, 1.82) is 5.26 Å². The molecular weight excluding hydrogens is 172 g/mol. The lowest BCUT2D eigenvalue weighted by Gasteiger charge is -2.04. The molecule has 0 unspecified atom stereocenters. The van der Waals surface area contributed by atoms with E-state index in [2.05, 4.69) is 0 Å². The van der Waals surface area contributed by atoms with E-state index in [0.717, 1.165) is 11.1 Å². The number of anilines is 1. The first-order valence-electron chi connectivity index (χ1n) is 3.56. The Balaban J connectivity index is 3.16. The monoisotopic (exact) mass is 180 g/mol. The van der Waals surface area contributed by atoms with Crippen LogP contribution >= 0.6 is 11.6 Å². The van der Waals surface area contributed by atoms with Crippen molar-refractivity contribution in [2.45, 2.75) is 13.3 Å². The minimum Gasteiger partial charge on any atom is -0.398 e. The summed E-state index contributed by atoms with van der Waals surface area (Å²) in [7, 11) is 0. The lowest BCUT2D eigenvalue weighted by molar-refractivity contribution is 1.25. The van der Waals surface area contributed by atoms with Crippen LogP contribution in [0.3, 0.4) is 0 Å². The lowest BCUT2D eigenvalue weighted by Crippen LogP contribution is -1.92. The molecule has 12 heavy (non-hydrogen) atoms. The second-order valence-electron chi connectivity index (χ2n) is 2.64. The standard InChI is InChI=1S/C9H9ClN2/c1-6-4-7(2-3-11)8(10)5-9(6)12/h4-5H,2,12H2,1H3. The van der Waals surface area contributed by atoms with E-state index >= 15 is 0 Å². The van der Waals surface area contributed by atoms with Crippen molar-refractivity contribution in [2.75, 3.05) is 5.73 Å². The number of hydrogen-bond acceptors (Lipinski definition) is 2. The highest BCUT2D eigenvalue weighted by atomic mass is 35.5. The van der Waals surface area contributed by atoms with E-state index < -0.39 is 0 Å². The molecule has 0 spiro atoms. The van der Waals surface area contributed by atoms with E-state index in [1.54, 1.807) is 6.07 Å². The molecule has 0 radical (unpaired) electrons. The molecule has 0 saturated heterocycles. The highest BCUT2D eigenvalue weighted by Crippen LogP contribution is 2.22. The summed E-state index contributed by atoms with van der Waals surface area (Å²) in [5, 5.41) is 9.03.